The molecular formula is C21H16Cl2F3N9OS. The van der Waals surface area contributed by atoms with Gasteiger partial charge in [0.1, 0.15) is 16.8 Å². The number of benzene rings is 1. The number of alkyl halides is 3. The van der Waals surface area contributed by atoms with E-state index in [-0.39, 0.29) is 17.5 Å². The number of pyridine rings is 1. The molecule has 3 heterocycles. The topological polar surface area (TPSA) is 124 Å². The number of hydrogen-bond acceptors (Lipinski definition) is 8. The number of nitrogens with one attached hydrogen (secondary N) is 4. The van der Waals surface area contributed by atoms with Crippen LogP contribution >= 0.6 is 36.0 Å². The minimum atomic E-state index is -4.67. The van der Waals surface area contributed by atoms with Crippen LogP contribution in [-0.2, 0) is 6.18 Å². The van der Waals surface area contributed by atoms with E-state index in [0.717, 1.165) is 16.4 Å². The lowest BCUT2D eigenvalue weighted by atomic mass is 10.2. The lowest BCUT2D eigenvalue weighted by molar-refractivity contribution is -0.137. The molecule has 0 aliphatic rings. The highest BCUT2D eigenvalue weighted by atomic mass is 35.5. The zero-order chi connectivity index (χ0) is 26.7. The van der Waals surface area contributed by atoms with E-state index in [1.54, 1.807) is 25.1 Å². The van der Waals surface area contributed by atoms with Gasteiger partial charge in [0.25, 0.3) is 0 Å². The van der Waals surface area contributed by atoms with Crippen LogP contribution in [0.1, 0.15) is 11.3 Å². The van der Waals surface area contributed by atoms with E-state index in [0.29, 0.717) is 28.2 Å². The lowest BCUT2D eigenvalue weighted by Gasteiger charge is -2.17. The number of carbonyl (C=O) groups excluding carboxylic acids is 1. The molecule has 1 aromatic carbocycles. The number of nitrogens with zero attached hydrogens (tertiary/aromatic N) is 5. The Labute approximate surface area is 223 Å². The Bertz CT molecular complexity index is 1430. The van der Waals surface area contributed by atoms with Crippen LogP contribution in [0.4, 0.5) is 52.7 Å². The largest absolute Gasteiger partial charge is 0.417 e. The van der Waals surface area contributed by atoms with Gasteiger partial charge in [-0.05, 0) is 37.3 Å². The molecule has 0 saturated carbocycles. The lowest BCUT2D eigenvalue weighted by Crippen LogP contribution is -2.27. The van der Waals surface area contributed by atoms with Crippen LogP contribution in [0.3, 0.4) is 0 Å². The molecule has 4 N–H and O–H groups in total. The SMILES string of the molecule is Cc1cc(Nc2cc(Cl)[nH]n2)nc(Nc2ccc(N(S)C(=O)Nc3ccc(Cl)c(C(F)(F)F)c3)nc2)n1. The average Bonchev–Trinajstić information content (AvgIpc) is 3.23. The number of halogens is 5. The summed E-state index contributed by atoms with van der Waals surface area (Å²) in [6.07, 6.45) is -3.27. The number of rotatable bonds is 6. The number of H-pyrrole nitrogens is 1. The fourth-order valence-corrected chi connectivity index (χ4v) is 3.54. The first-order valence-corrected chi connectivity index (χ1v) is 11.4. The number of aryl methyl sites for hydroxylation is 1. The Morgan fingerprint density at radius 1 is 1.03 bits per heavy atom. The van der Waals surface area contributed by atoms with Crippen LogP contribution in [0.2, 0.25) is 10.2 Å². The number of aromatic nitrogens is 5. The van der Waals surface area contributed by atoms with Gasteiger partial charge in [-0.3, -0.25) is 5.10 Å². The van der Waals surface area contributed by atoms with Crippen molar-refractivity contribution >= 4 is 76.8 Å². The molecule has 3 aromatic heterocycles. The average molecular weight is 570 g/mol. The number of urea groups is 1. The van der Waals surface area contributed by atoms with Crippen molar-refractivity contribution in [1.82, 2.24) is 25.1 Å². The first-order valence-electron chi connectivity index (χ1n) is 10.2. The Kier molecular flexibility index (Phi) is 7.61. The third-order valence-electron chi connectivity index (χ3n) is 4.59. The van der Waals surface area contributed by atoms with Crippen molar-refractivity contribution in [3.8, 4) is 0 Å². The van der Waals surface area contributed by atoms with E-state index in [1.807, 2.05) is 0 Å². The Hall–Kier alpha value is -3.75. The fourth-order valence-electron chi connectivity index (χ4n) is 3.00. The van der Waals surface area contributed by atoms with Crippen LogP contribution in [0.25, 0.3) is 0 Å². The predicted octanol–water partition coefficient (Wildman–Crippen LogP) is 6.60. The molecule has 0 aliphatic heterocycles. The predicted molar refractivity (Wildman–Crippen MR) is 138 cm³/mol. The molecule has 16 heteroatoms. The Balaban J connectivity index is 1.42. The van der Waals surface area contributed by atoms with Crippen molar-refractivity contribution < 1.29 is 18.0 Å². The smallest absolute Gasteiger partial charge is 0.323 e. The van der Waals surface area contributed by atoms with E-state index in [9.17, 15) is 18.0 Å². The standard InChI is InChI=1S/C21H16Cl2F3N9OS/c1-10-6-16(31-17-8-15(23)33-34-17)32-19(28-10)29-12-3-5-18(27-9-12)35(37)20(36)30-11-2-4-14(22)13(7-11)21(24,25)26/h2-9,37H,1H3,(H,30,36)(H3,28,29,31,32,33,34). The number of aromatic amines is 1. The van der Waals surface area contributed by atoms with Gasteiger partial charge in [-0.15, -0.1) is 0 Å². The summed E-state index contributed by atoms with van der Waals surface area (Å²) in [5.41, 5.74) is -0.0219. The van der Waals surface area contributed by atoms with Crippen LogP contribution in [-0.4, -0.2) is 31.2 Å². The molecule has 0 radical (unpaired) electrons. The zero-order valence-corrected chi connectivity index (χ0v) is 21.0. The number of amides is 2. The van der Waals surface area contributed by atoms with Crippen molar-refractivity contribution in [1.29, 1.82) is 0 Å². The Morgan fingerprint density at radius 3 is 2.43 bits per heavy atom. The fraction of sp³-hybridized carbons (Fsp3) is 0.0952. The van der Waals surface area contributed by atoms with E-state index >= 15 is 0 Å². The summed E-state index contributed by atoms with van der Waals surface area (Å²) in [7, 11) is 0. The van der Waals surface area contributed by atoms with Crippen molar-refractivity contribution in [3.63, 3.8) is 0 Å². The maximum atomic E-state index is 13.1. The van der Waals surface area contributed by atoms with Gasteiger partial charge in [0.15, 0.2) is 5.82 Å². The minimum Gasteiger partial charge on any atom is -0.323 e. The summed E-state index contributed by atoms with van der Waals surface area (Å²) in [5, 5.41) is 14.8. The van der Waals surface area contributed by atoms with Crippen molar-refractivity contribution in [2.24, 2.45) is 0 Å². The minimum absolute atomic E-state index is 0.110. The molecule has 2 amide bonds. The molecule has 0 unspecified atom stereocenters. The van der Waals surface area contributed by atoms with E-state index in [2.05, 4.69) is 53.9 Å². The highest BCUT2D eigenvalue weighted by Gasteiger charge is 2.33. The zero-order valence-electron chi connectivity index (χ0n) is 18.6. The van der Waals surface area contributed by atoms with Gasteiger partial charge in [-0.2, -0.15) is 23.3 Å². The van der Waals surface area contributed by atoms with Crippen LogP contribution in [0.15, 0.2) is 48.7 Å². The van der Waals surface area contributed by atoms with Gasteiger partial charge in [-0.25, -0.2) is 19.1 Å². The number of hydrogen-bond donors (Lipinski definition) is 5. The Morgan fingerprint density at radius 2 is 1.78 bits per heavy atom. The van der Waals surface area contributed by atoms with Gasteiger partial charge in [-0.1, -0.05) is 36.0 Å². The maximum absolute atomic E-state index is 13.1. The first kappa shape index (κ1) is 26.3. The van der Waals surface area contributed by atoms with E-state index < -0.39 is 22.8 Å². The van der Waals surface area contributed by atoms with E-state index in [1.165, 1.54) is 18.3 Å². The molecule has 0 fully saturated rings. The molecular weight excluding hydrogens is 554 g/mol. The second kappa shape index (κ2) is 10.7. The van der Waals surface area contributed by atoms with Crippen LogP contribution < -0.4 is 20.3 Å². The van der Waals surface area contributed by atoms with Gasteiger partial charge < -0.3 is 16.0 Å². The number of carbonyl (C=O) groups is 1. The summed E-state index contributed by atoms with van der Waals surface area (Å²) in [6.45, 7) is 1.78. The molecule has 0 bridgehead atoms. The van der Waals surface area contributed by atoms with Crippen LogP contribution in [0.5, 0.6) is 0 Å². The second-order valence-corrected chi connectivity index (χ2v) is 8.62. The normalized spacial score (nSPS) is 11.2. The molecule has 37 heavy (non-hydrogen) atoms. The van der Waals surface area contributed by atoms with Crippen molar-refractivity contribution in [3.05, 3.63) is 70.1 Å². The summed E-state index contributed by atoms with van der Waals surface area (Å²) >= 11 is 15.5. The molecule has 0 spiro atoms. The molecule has 10 nitrogen and oxygen atoms in total. The van der Waals surface area contributed by atoms with Crippen molar-refractivity contribution in [2.75, 3.05) is 20.3 Å². The number of thiol groups is 1. The number of anilines is 6. The molecule has 0 aliphatic carbocycles. The van der Waals surface area contributed by atoms with E-state index in [4.69, 9.17) is 23.2 Å². The quantitative estimate of drug-likeness (QED) is 0.166. The third kappa shape index (κ3) is 6.72. The molecule has 192 valence electrons. The molecule has 0 saturated heterocycles. The second-order valence-electron chi connectivity index (χ2n) is 7.41. The molecule has 0 atom stereocenters. The van der Waals surface area contributed by atoms with Crippen molar-refractivity contribution in [2.45, 2.75) is 13.1 Å². The first-order chi connectivity index (χ1) is 17.5. The molecule has 4 rings (SSSR count). The summed E-state index contributed by atoms with van der Waals surface area (Å²) in [6, 6.07) is 8.55. The van der Waals surface area contributed by atoms with Gasteiger partial charge in [0, 0.05) is 23.5 Å². The summed E-state index contributed by atoms with van der Waals surface area (Å²) in [5.74, 6) is 1.32. The highest BCUT2D eigenvalue weighted by molar-refractivity contribution is 7.82. The van der Waals surface area contributed by atoms with Crippen LogP contribution in [0, 0.1) is 6.92 Å². The third-order valence-corrected chi connectivity index (χ3v) is 5.50. The maximum Gasteiger partial charge on any atom is 0.417 e. The monoisotopic (exact) mass is 569 g/mol. The highest BCUT2D eigenvalue weighted by Crippen LogP contribution is 2.36. The summed E-state index contributed by atoms with van der Waals surface area (Å²) < 4.78 is 40.0. The van der Waals surface area contributed by atoms with Gasteiger partial charge in [0.05, 0.1) is 22.5 Å². The van der Waals surface area contributed by atoms with Gasteiger partial charge >= 0.3 is 12.2 Å². The van der Waals surface area contributed by atoms with Gasteiger partial charge in [0.2, 0.25) is 5.95 Å². The summed E-state index contributed by atoms with van der Waals surface area (Å²) in [4.78, 5) is 25.3. The molecule has 4 aromatic rings.